The predicted molar refractivity (Wildman–Crippen MR) is 78.6 cm³/mol. The van der Waals surface area contributed by atoms with Crippen molar-refractivity contribution >= 4 is 10.0 Å². The van der Waals surface area contributed by atoms with Gasteiger partial charge in [-0.2, -0.15) is 0 Å². The van der Waals surface area contributed by atoms with Crippen molar-refractivity contribution in [1.29, 1.82) is 0 Å². The van der Waals surface area contributed by atoms with Crippen LogP contribution in [0.15, 0.2) is 0 Å². The van der Waals surface area contributed by atoms with Gasteiger partial charge in [0.2, 0.25) is 10.0 Å². The molecule has 1 heterocycles. The maximum absolute atomic E-state index is 12.0. The van der Waals surface area contributed by atoms with Crippen molar-refractivity contribution in [3.05, 3.63) is 0 Å². The lowest BCUT2D eigenvalue weighted by atomic mass is 9.89. The van der Waals surface area contributed by atoms with E-state index in [4.69, 9.17) is 0 Å². The van der Waals surface area contributed by atoms with E-state index in [0.717, 1.165) is 45.2 Å². The maximum Gasteiger partial charge on any atom is 0.211 e. The largest absolute Gasteiger partial charge is 0.317 e. The fourth-order valence-electron chi connectivity index (χ4n) is 3.25. The summed E-state index contributed by atoms with van der Waals surface area (Å²) in [6, 6.07) is 0. The first-order valence-electron chi connectivity index (χ1n) is 7.67. The molecule has 2 fully saturated rings. The highest BCUT2D eigenvalue weighted by molar-refractivity contribution is 7.89. The van der Waals surface area contributed by atoms with Crippen molar-refractivity contribution in [2.24, 2.45) is 11.3 Å². The molecule has 0 unspecified atom stereocenters. The number of piperidine rings is 1. The summed E-state index contributed by atoms with van der Waals surface area (Å²) >= 11 is 0. The van der Waals surface area contributed by atoms with Gasteiger partial charge in [-0.3, -0.25) is 0 Å². The van der Waals surface area contributed by atoms with E-state index in [2.05, 4.69) is 17.0 Å². The van der Waals surface area contributed by atoms with E-state index in [1.54, 1.807) is 0 Å². The lowest BCUT2D eigenvalue weighted by molar-refractivity contribution is 0.335. The number of hydrogen-bond acceptors (Lipinski definition) is 3. The number of rotatable bonds is 6. The second-order valence-electron chi connectivity index (χ2n) is 6.64. The van der Waals surface area contributed by atoms with Crippen molar-refractivity contribution in [3.63, 3.8) is 0 Å². The van der Waals surface area contributed by atoms with Gasteiger partial charge in [-0.25, -0.2) is 13.1 Å². The number of sulfonamides is 1. The van der Waals surface area contributed by atoms with E-state index in [9.17, 15) is 8.42 Å². The average Bonchev–Trinajstić information content (AvgIpc) is 2.84. The quantitative estimate of drug-likeness (QED) is 0.784. The Hall–Kier alpha value is -0.130. The SMILES string of the molecule is CC1(CNS(=O)(=O)CCC2CCNCC2)CCCC1. The molecular weight excluding hydrogens is 260 g/mol. The minimum atomic E-state index is -3.08. The standard InChI is InChI=1S/C14H28N2O2S/c1-14(7-2-3-8-14)12-16-19(17,18)11-6-13-4-9-15-10-5-13/h13,15-16H,2-12H2,1H3. The van der Waals surface area contributed by atoms with Crippen LogP contribution in [-0.4, -0.2) is 33.8 Å². The molecule has 1 saturated carbocycles. The Morgan fingerprint density at radius 2 is 1.84 bits per heavy atom. The Morgan fingerprint density at radius 1 is 1.21 bits per heavy atom. The molecule has 2 N–H and O–H groups in total. The second kappa shape index (κ2) is 6.55. The summed E-state index contributed by atoms with van der Waals surface area (Å²) in [5.74, 6) is 0.883. The minimum Gasteiger partial charge on any atom is -0.317 e. The third-order valence-electron chi connectivity index (χ3n) is 4.78. The molecule has 1 saturated heterocycles. The summed E-state index contributed by atoms with van der Waals surface area (Å²) in [5, 5.41) is 3.31. The van der Waals surface area contributed by atoms with Crippen LogP contribution in [-0.2, 0) is 10.0 Å². The van der Waals surface area contributed by atoms with Crippen LogP contribution in [0, 0.1) is 11.3 Å². The van der Waals surface area contributed by atoms with Crippen molar-refractivity contribution in [2.45, 2.75) is 51.9 Å². The van der Waals surface area contributed by atoms with Crippen molar-refractivity contribution < 1.29 is 8.42 Å². The molecule has 112 valence electrons. The van der Waals surface area contributed by atoms with Crippen LogP contribution in [0.3, 0.4) is 0 Å². The molecule has 2 rings (SSSR count). The van der Waals surface area contributed by atoms with Gasteiger partial charge in [0.1, 0.15) is 0 Å². The van der Waals surface area contributed by atoms with Crippen LogP contribution >= 0.6 is 0 Å². The molecule has 0 spiro atoms. The van der Waals surface area contributed by atoms with Crippen LogP contribution in [0.5, 0.6) is 0 Å². The Bertz CT molecular complexity index is 369. The number of hydrogen-bond donors (Lipinski definition) is 2. The Kier molecular flexibility index (Phi) is 5.26. The van der Waals surface area contributed by atoms with E-state index in [0.29, 0.717) is 18.2 Å². The van der Waals surface area contributed by atoms with Crippen LogP contribution in [0.25, 0.3) is 0 Å². The van der Waals surface area contributed by atoms with Crippen molar-refractivity contribution in [2.75, 3.05) is 25.4 Å². The fraction of sp³-hybridized carbons (Fsp3) is 1.00. The van der Waals surface area contributed by atoms with Gasteiger partial charge in [0.25, 0.3) is 0 Å². The molecule has 1 aliphatic heterocycles. The lowest BCUT2D eigenvalue weighted by Gasteiger charge is -2.25. The van der Waals surface area contributed by atoms with Gasteiger partial charge >= 0.3 is 0 Å². The first-order chi connectivity index (χ1) is 8.99. The molecule has 0 aromatic carbocycles. The normalized spacial score (nSPS) is 24.7. The third-order valence-corrected chi connectivity index (χ3v) is 6.14. The van der Waals surface area contributed by atoms with Crippen LogP contribution in [0.2, 0.25) is 0 Å². The molecule has 0 atom stereocenters. The zero-order valence-corrected chi connectivity index (χ0v) is 12.9. The monoisotopic (exact) mass is 288 g/mol. The molecule has 0 amide bonds. The molecule has 0 bridgehead atoms. The third kappa shape index (κ3) is 5.04. The molecule has 4 nitrogen and oxygen atoms in total. The average molecular weight is 288 g/mol. The molecule has 5 heteroatoms. The lowest BCUT2D eigenvalue weighted by Crippen LogP contribution is -2.36. The summed E-state index contributed by atoms with van der Waals surface area (Å²) in [6.45, 7) is 4.91. The summed E-state index contributed by atoms with van der Waals surface area (Å²) in [5.41, 5.74) is 0.196. The molecule has 1 aliphatic carbocycles. The van der Waals surface area contributed by atoms with E-state index >= 15 is 0 Å². The second-order valence-corrected chi connectivity index (χ2v) is 8.57. The van der Waals surface area contributed by atoms with E-state index < -0.39 is 10.0 Å². The van der Waals surface area contributed by atoms with Gasteiger partial charge in [0, 0.05) is 6.54 Å². The van der Waals surface area contributed by atoms with Gasteiger partial charge in [-0.1, -0.05) is 19.8 Å². The van der Waals surface area contributed by atoms with Gasteiger partial charge in [-0.15, -0.1) is 0 Å². The van der Waals surface area contributed by atoms with E-state index in [-0.39, 0.29) is 5.41 Å². The van der Waals surface area contributed by atoms with Gasteiger partial charge < -0.3 is 5.32 Å². The summed E-state index contributed by atoms with van der Waals surface area (Å²) < 4.78 is 26.9. The Morgan fingerprint density at radius 3 is 2.47 bits per heavy atom. The molecule has 0 aromatic heterocycles. The van der Waals surface area contributed by atoms with Crippen molar-refractivity contribution in [3.8, 4) is 0 Å². The summed E-state index contributed by atoms with van der Waals surface area (Å²) in [6.07, 6.45) is 7.85. The zero-order valence-electron chi connectivity index (χ0n) is 12.1. The Labute approximate surface area is 117 Å². The first kappa shape index (κ1) is 15.3. The van der Waals surface area contributed by atoms with Gasteiger partial charge in [0.05, 0.1) is 5.75 Å². The van der Waals surface area contributed by atoms with Gasteiger partial charge in [-0.05, 0) is 56.5 Å². The van der Waals surface area contributed by atoms with Gasteiger partial charge in [0.15, 0.2) is 0 Å². The summed E-state index contributed by atoms with van der Waals surface area (Å²) in [4.78, 5) is 0. The maximum atomic E-state index is 12.0. The molecule has 0 aromatic rings. The van der Waals surface area contributed by atoms with Crippen LogP contribution < -0.4 is 10.0 Å². The molecular formula is C14H28N2O2S. The zero-order chi connectivity index (χ0) is 13.8. The Balaban J connectivity index is 1.72. The molecule has 2 aliphatic rings. The van der Waals surface area contributed by atoms with Crippen molar-refractivity contribution in [1.82, 2.24) is 10.0 Å². The number of nitrogens with one attached hydrogen (secondary N) is 2. The highest BCUT2D eigenvalue weighted by Crippen LogP contribution is 2.36. The minimum absolute atomic E-state index is 0.196. The highest BCUT2D eigenvalue weighted by Gasteiger charge is 2.30. The van der Waals surface area contributed by atoms with E-state index in [1.807, 2.05) is 0 Å². The smallest absolute Gasteiger partial charge is 0.211 e. The van der Waals surface area contributed by atoms with Crippen LogP contribution in [0.4, 0.5) is 0 Å². The van der Waals surface area contributed by atoms with E-state index in [1.165, 1.54) is 12.8 Å². The fourth-order valence-corrected chi connectivity index (χ4v) is 4.61. The predicted octanol–water partition coefficient (Wildman–Crippen LogP) is 1.88. The topological polar surface area (TPSA) is 58.2 Å². The first-order valence-corrected chi connectivity index (χ1v) is 9.32. The molecule has 0 radical (unpaired) electrons. The molecule has 19 heavy (non-hydrogen) atoms. The highest BCUT2D eigenvalue weighted by atomic mass is 32.2. The summed E-state index contributed by atoms with van der Waals surface area (Å²) in [7, 11) is -3.08. The van der Waals surface area contributed by atoms with Crippen LogP contribution in [0.1, 0.15) is 51.9 Å².